The van der Waals surface area contributed by atoms with Gasteiger partial charge in [-0.15, -0.1) is 0 Å². The Hall–Kier alpha value is -2.57. The number of hydrogen-bond acceptors (Lipinski definition) is 4. The molecule has 0 unspecified atom stereocenters. The van der Waals surface area contributed by atoms with E-state index in [0.29, 0.717) is 0 Å². The Labute approximate surface area is 115 Å². The van der Waals surface area contributed by atoms with Crippen molar-refractivity contribution < 1.29 is 24.2 Å². The third kappa shape index (κ3) is 5.38. The van der Waals surface area contributed by atoms with Gasteiger partial charge in [0.05, 0.1) is 7.11 Å². The van der Waals surface area contributed by atoms with E-state index in [0.717, 1.165) is 5.56 Å². The average Bonchev–Trinajstić information content (AvgIpc) is 2.45. The Morgan fingerprint density at radius 2 is 1.90 bits per heavy atom. The number of carbonyl (C=O) groups excluding carboxylic acids is 2. The molecule has 20 heavy (non-hydrogen) atoms. The lowest BCUT2D eigenvalue weighted by Crippen LogP contribution is -2.48. The molecule has 1 aromatic rings. The Bertz CT molecular complexity index is 475. The summed E-state index contributed by atoms with van der Waals surface area (Å²) in [5.41, 5.74) is 0.785. The minimum absolute atomic E-state index is 0.155. The molecule has 0 heterocycles. The molecule has 0 aliphatic carbocycles. The van der Waals surface area contributed by atoms with Crippen LogP contribution >= 0.6 is 0 Å². The fourth-order valence-electron chi connectivity index (χ4n) is 1.48. The number of carboxylic acid groups (broad SMARTS) is 1. The van der Waals surface area contributed by atoms with Gasteiger partial charge < -0.3 is 20.5 Å². The van der Waals surface area contributed by atoms with Crippen LogP contribution in [0, 0.1) is 0 Å². The summed E-state index contributed by atoms with van der Waals surface area (Å²) in [7, 11) is 1.19. The van der Waals surface area contributed by atoms with E-state index in [-0.39, 0.29) is 13.0 Å². The molecular weight excluding hydrogens is 264 g/mol. The highest BCUT2D eigenvalue weighted by Crippen LogP contribution is 2.03. The summed E-state index contributed by atoms with van der Waals surface area (Å²) in [6, 6.07) is 7.11. The van der Waals surface area contributed by atoms with Gasteiger partial charge in [-0.2, -0.15) is 0 Å². The fraction of sp³-hybridized carbons (Fsp3) is 0.308. The summed E-state index contributed by atoms with van der Waals surface area (Å²) in [5.74, 6) is -1.77. The third-order valence-corrected chi connectivity index (χ3v) is 2.51. The molecule has 0 radical (unpaired) electrons. The van der Waals surface area contributed by atoms with Crippen molar-refractivity contribution in [2.75, 3.05) is 13.7 Å². The first-order chi connectivity index (χ1) is 9.52. The van der Waals surface area contributed by atoms with E-state index in [1.54, 1.807) is 24.3 Å². The summed E-state index contributed by atoms with van der Waals surface area (Å²) < 4.78 is 4.35. The van der Waals surface area contributed by atoms with Gasteiger partial charge in [-0.3, -0.25) is 4.79 Å². The maximum atomic E-state index is 11.5. The zero-order valence-electron chi connectivity index (χ0n) is 11.0. The SMILES string of the molecule is COC(=O)CNC(=O)N[C@@H](Cc1ccccc1)C(=O)O. The Morgan fingerprint density at radius 1 is 1.25 bits per heavy atom. The first-order valence-corrected chi connectivity index (χ1v) is 5.91. The second kappa shape index (κ2) is 7.78. The van der Waals surface area contributed by atoms with Gasteiger partial charge >= 0.3 is 18.0 Å². The maximum absolute atomic E-state index is 11.5. The molecule has 0 spiro atoms. The number of rotatable bonds is 6. The number of aliphatic carboxylic acids is 1. The Morgan fingerprint density at radius 3 is 2.45 bits per heavy atom. The smallest absolute Gasteiger partial charge is 0.326 e. The molecule has 0 fully saturated rings. The van der Waals surface area contributed by atoms with Gasteiger partial charge in [0, 0.05) is 6.42 Å². The van der Waals surface area contributed by atoms with Crippen molar-refractivity contribution in [3.05, 3.63) is 35.9 Å². The molecule has 0 saturated carbocycles. The van der Waals surface area contributed by atoms with Gasteiger partial charge in [0.25, 0.3) is 0 Å². The number of carbonyl (C=O) groups is 3. The molecule has 1 rings (SSSR count). The van der Waals surface area contributed by atoms with Gasteiger partial charge in [0.1, 0.15) is 12.6 Å². The largest absolute Gasteiger partial charge is 0.480 e. The quantitative estimate of drug-likeness (QED) is 0.644. The number of urea groups is 1. The van der Waals surface area contributed by atoms with Crippen LogP contribution in [0.4, 0.5) is 4.79 Å². The Balaban J connectivity index is 2.53. The van der Waals surface area contributed by atoms with E-state index in [1.165, 1.54) is 7.11 Å². The van der Waals surface area contributed by atoms with Gasteiger partial charge in [0.2, 0.25) is 0 Å². The molecule has 108 valence electrons. The normalized spacial score (nSPS) is 11.2. The van der Waals surface area contributed by atoms with Gasteiger partial charge in [0.15, 0.2) is 0 Å². The molecule has 3 N–H and O–H groups in total. The van der Waals surface area contributed by atoms with E-state index < -0.39 is 24.0 Å². The molecule has 0 aliphatic heterocycles. The molecule has 0 aromatic heterocycles. The van der Waals surface area contributed by atoms with Crippen LogP contribution in [0.3, 0.4) is 0 Å². The lowest BCUT2D eigenvalue weighted by Gasteiger charge is -2.15. The predicted octanol–water partition coefficient (Wildman–Crippen LogP) is 0.154. The van der Waals surface area contributed by atoms with Crippen LogP contribution in [0.2, 0.25) is 0 Å². The van der Waals surface area contributed by atoms with Crippen molar-refractivity contribution in [1.29, 1.82) is 0 Å². The number of carboxylic acids is 1. The number of esters is 1. The van der Waals surface area contributed by atoms with Gasteiger partial charge in [-0.05, 0) is 5.56 Å². The molecule has 7 heteroatoms. The summed E-state index contributed by atoms with van der Waals surface area (Å²) in [4.78, 5) is 33.4. The third-order valence-electron chi connectivity index (χ3n) is 2.51. The zero-order valence-corrected chi connectivity index (χ0v) is 11.0. The molecule has 0 bridgehead atoms. The molecule has 0 saturated heterocycles. The molecule has 1 atom stereocenters. The van der Waals surface area contributed by atoms with Crippen molar-refractivity contribution in [2.45, 2.75) is 12.5 Å². The van der Waals surface area contributed by atoms with E-state index >= 15 is 0 Å². The second-order valence-electron chi connectivity index (χ2n) is 3.98. The molecule has 7 nitrogen and oxygen atoms in total. The second-order valence-corrected chi connectivity index (χ2v) is 3.98. The van der Waals surface area contributed by atoms with Crippen LogP contribution in [-0.2, 0) is 20.7 Å². The number of methoxy groups -OCH3 is 1. The van der Waals surface area contributed by atoms with Crippen molar-refractivity contribution in [3.63, 3.8) is 0 Å². The van der Waals surface area contributed by atoms with Crippen LogP contribution in [0.15, 0.2) is 30.3 Å². The first-order valence-electron chi connectivity index (χ1n) is 5.91. The van der Waals surface area contributed by atoms with E-state index in [4.69, 9.17) is 5.11 Å². The monoisotopic (exact) mass is 280 g/mol. The predicted molar refractivity (Wildman–Crippen MR) is 70.1 cm³/mol. The number of benzene rings is 1. The topological polar surface area (TPSA) is 105 Å². The van der Waals surface area contributed by atoms with Crippen LogP contribution in [0.25, 0.3) is 0 Å². The number of hydrogen-bond donors (Lipinski definition) is 3. The summed E-state index contributed by atoms with van der Waals surface area (Å²) >= 11 is 0. The number of amides is 2. The van der Waals surface area contributed by atoms with E-state index in [9.17, 15) is 14.4 Å². The summed E-state index contributed by atoms with van der Waals surface area (Å²) in [5, 5.41) is 13.6. The standard InChI is InChI=1S/C13H16N2O5/c1-20-11(16)8-14-13(19)15-10(12(17)18)7-9-5-3-2-4-6-9/h2-6,10H,7-8H2,1H3,(H,17,18)(H2,14,15,19)/t10-/m0/s1. The van der Waals surface area contributed by atoms with Crippen molar-refractivity contribution in [1.82, 2.24) is 10.6 Å². The zero-order chi connectivity index (χ0) is 15.0. The van der Waals surface area contributed by atoms with Crippen molar-refractivity contribution >= 4 is 18.0 Å². The number of nitrogens with one attached hydrogen (secondary N) is 2. The highest BCUT2D eigenvalue weighted by Gasteiger charge is 2.20. The fourth-order valence-corrected chi connectivity index (χ4v) is 1.48. The summed E-state index contributed by atoms with van der Waals surface area (Å²) in [6.45, 7) is -0.319. The van der Waals surface area contributed by atoms with Gasteiger partial charge in [-0.25, -0.2) is 9.59 Å². The number of ether oxygens (including phenoxy) is 1. The van der Waals surface area contributed by atoms with E-state index in [1.807, 2.05) is 6.07 Å². The lowest BCUT2D eigenvalue weighted by molar-refractivity contribution is -0.139. The average molecular weight is 280 g/mol. The highest BCUT2D eigenvalue weighted by atomic mass is 16.5. The van der Waals surface area contributed by atoms with E-state index in [2.05, 4.69) is 15.4 Å². The minimum atomic E-state index is -1.15. The lowest BCUT2D eigenvalue weighted by atomic mass is 10.1. The molecule has 2 amide bonds. The van der Waals surface area contributed by atoms with Crippen molar-refractivity contribution in [3.8, 4) is 0 Å². The molecule has 0 aliphatic rings. The van der Waals surface area contributed by atoms with Crippen LogP contribution in [0.5, 0.6) is 0 Å². The highest BCUT2D eigenvalue weighted by molar-refractivity contribution is 5.85. The van der Waals surface area contributed by atoms with Crippen LogP contribution in [-0.4, -0.2) is 42.8 Å². The van der Waals surface area contributed by atoms with Crippen LogP contribution < -0.4 is 10.6 Å². The Kier molecular flexibility index (Phi) is 6.02. The van der Waals surface area contributed by atoms with Crippen LogP contribution in [0.1, 0.15) is 5.56 Å². The summed E-state index contributed by atoms with van der Waals surface area (Å²) in [6.07, 6.45) is 0.155. The maximum Gasteiger partial charge on any atom is 0.326 e. The molecule has 1 aromatic carbocycles. The van der Waals surface area contributed by atoms with Gasteiger partial charge in [-0.1, -0.05) is 30.3 Å². The van der Waals surface area contributed by atoms with Crippen molar-refractivity contribution in [2.24, 2.45) is 0 Å². The molecular formula is C13H16N2O5. The first kappa shape index (κ1) is 15.5. The minimum Gasteiger partial charge on any atom is -0.480 e.